The first kappa shape index (κ1) is 27.2. The molecule has 3 heterocycles. The Morgan fingerprint density at radius 3 is 2.40 bits per heavy atom. The standard InChI is InChI=1S/C29H28N6OS.CH2O2/c36-24-9-7-22(8-10-24)31-28-32-23(16-19-4-2-1-3-5-19)18-27(34-28)35-29-33-25-11-6-21(17-26(25)37-29)20-12-14-30-15-13-20;2-1-3/h1-6,11-15,17-18,22,24,36H,7-10,16H2,(H2,31,32,33,34,35);1H,(H,2,3). The quantitative estimate of drug-likeness (QED) is 0.181. The number of benzene rings is 2. The maximum absolute atomic E-state index is 9.87. The second kappa shape index (κ2) is 13.1. The van der Waals surface area contributed by atoms with E-state index in [0.717, 1.165) is 57.9 Å². The van der Waals surface area contributed by atoms with Crippen molar-refractivity contribution in [3.63, 3.8) is 0 Å². The number of nitrogens with zero attached hydrogens (tertiary/aromatic N) is 4. The summed E-state index contributed by atoms with van der Waals surface area (Å²) in [5.41, 5.74) is 5.35. The summed E-state index contributed by atoms with van der Waals surface area (Å²) in [6.45, 7) is -0.250. The number of anilines is 3. The van der Waals surface area contributed by atoms with Crippen molar-refractivity contribution < 1.29 is 15.0 Å². The van der Waals surface area contributed by atoms with Gasteiger partial charge in [0, 0.05) is 30.9 Å². The molecule has 0 saturated heterocycles. The van der Waals surface area contributed by atoms with Crippen LogP contribution in [0.4, 0.5) is 16.9 Å². The SMILES string of the molecule is O=CO.OC1CCC(Nc2nc(Cc3ccccc3)cc(Nc3nc4ccc(-c5ccncc5)cc4s3)n2)CC1. The molecule has 1 aliphatic carbocycles. The highest BCUT2D eigenvalue weighted by Gasteiger charge is 2.20. The van der Waals surface area contributed by atoms with E-state index in [1.54, 1.807) is 11.3 Å². The first-order valence-corrected chi connectivity index (χ1v) is 13.9. The minimum absolute atomic E-state index is 0.196. The van der Waals surface area contributed by atoms with Crippen molar-refractivity contribution in [2.75, 3.05) is 10.6 Å². The number of carbonyl (C=O) groups is 1. The Bertz CT molecular complexity index is 1540. The first-order valence-electron chi connectivity index (χ1n) is 13.1. The molecule has 0 aliphatic heterocycles. The van der Waals surface area contributed by atoms with Gasteiger partial charge in [0.1, 0.15) is 5.82 Å². The van der Waals surface area contributed by atoms with Gasteiger partial charge in [0.25, 0.3) is 6.47 Å². The number of pyridine rings is 1. The van der Waals surface area contributed by atoms with Crippen LogP contribution < -0.4 is 10.6 Å². The fourth-order valence-corrected chi connectivity index (χ4v) is 5.65. The molecule has 10 heteroatoms. The number of fused-ring (bicyclic) bond motifs is 1. The smallest absolute Gasteiger partial charge is 0.290 e. The largest absolute Gasteiger partial charge is 0.483 e. The van der Waals surface area contributed by atoms with Crippen molar-refractivity contribution in [1.82, 2.24) is 19.9 Å². The summed E-state index contributed by atoms with van der Waals surface area (Å²) in [5.74, 6) is 1.33. The Morgan fingerprint density at radius 1 is 0.900 bits per heavy atom. The van der Waals surface area contributed by atoms with Gasteiger partial charge in [-0.3, -0.25) is 9.78 Å². The second-order valence-electron chi connectivity index (χ2n) is 9.55. The van der Waals surface area contributed by atoms with Gasteiger partial charge in [-0.15, -0.1) is 0 Å². The highest BCUT2D eigenvalue weighted by atomic mass is 32.1. The number of hydrogen-bond donors (Lipinski definition) is 4. The number of nitrogens with one attached hydrogen (secondary N) is 2. The average molecular weight is 555 g/mol. The first-order chi connectivity index (χ1) is 19.6. The molecule has 0 unspecified atom stereocenters. The van der Waals surface area contributed by atoms with Gasteiger partial charge in [0.05, 0.1) is 22.0 Å². The number of rotatable bonds is 7. The van der Waals surface area contributed by atoms with Crippen molar-refractivity contribution >= 4 is 44.9 Å². The van der Waals surface area contributed by atoms with E-state index in [-0.39, 0.29) is 18.6 Å². The van der Waals surface area contributed by atoms with Crippen LogP contribution in [0.3, 0.4) is 0 Å². The van der Waals surface area contributed by atoms with E-state index >= 15 is 0 Å². The van der Waals surface area contributed by atoms with Gasteiger partial charge in [-0.1, -0.05) is 47.7 Å². The topological polar surface area (TPSA) is 133 Å². The van der Waals surface area contributed by atoms with Crippen LogP contribution in [0.2, 0.25) is 0 Å². The van der Waals surface area contributed by atoms with Gasteiger partial charge < -0.3 is 20.8 Å². The highest BCUT2D eigenvalue weighted by Crippen LogP contribution is 2.32. The lowest BCUT2D eigenvalue weighted by atomic mass is 9.93. The molecule has 3 aromatic heterocycles. The summed E-state index contributed by atoms with van der Waals surface area (Å²) in [4.78, 5) is 26.9. The molecule has 0 amide bonds. The number of thiazole rings is 1. The Hall–Kier alpha value is -4.41. The summed E-state index contributed by atoms with van der Waals surface area (Å²) in [5, 5.41) is 24.5. The van der Waals surface area contributed by atoms with E-state index in [1.807, 2.05) is 48.8 Å². The fourth-order valence-electron chi connectivity index (χ4n) is 4.74. The second-order valence-corrected chi connectivity index (χ2v) is 10.6. The molecule has 0 spiro atoms. The van der Waals surface area contributed by atoms with Crippen molar-refractivity contribution in [3.8, 4) is 11.1 Å². The maximum atomic E-state index is 9.87. The van der Waals surface area contributed by atoms with Crippen LogP contribution in [0.5, 0.6) is 0 Å². The lowest BCUT2D eigenvalue weighted by Crippen LogP contribution is -2.29. The number of hydrogen-bond acceptors (Lipinski definition) is 9. The third-order valence-electron chi connectivity index (χ3n) is 6.67. The van der Waals surface area contributed by atoms with Crippen LogP contribution in [0.25, 0.3) is 21.3 Å². The molecular formula is C30H30N6O3S. The van der Waals surface area contributed by atoms with E-state index in [9.17, 15) is 5.11 Å². The van der Waals surface area contributed by atoms with Gasteiger partial charge in [-0.25, -0.2) is 9.97 Å². The molecule has 5 aromatic rings. The molecule has 0 radical (unpaired) electrons. The van der Waals surface area contributed by atoms with Gasteiger partial charge in [0.2, 0.25) is 5.95 Å². The van der Waals surface area contributed by atoms with Crippen molar-refractivity contribution in [2.24, 2.45) is 0 Å². The van der Waals surface area contributed by atoms with Crippen molar-refractivity contribution in [3.05, 3.63) is 90.4 Å². The molecule has 2 aromatic carbocycles. The Labute approximate surface area is 236 Å². The lowest BCUT2D eigenvalue weighted by molar-refractivity contribution is -0.122. The van der Waals surface area contributed by atoms with Gasteiger partial charge in [-0.2, -0.15) is 4.98 Å². The van der Waals surface area contributed by atoms with E-state index in [1.165, 1.54) is 5.56 Å². The Kier molecular flexibility index (Phi) is 8.89. The third kappa shape index (κ3) is 7.16. The third-order valence-corrected chi connectivity index (χ3v) is 7.61. The van der Waals surface area contributed by atoms with Crippen LogP contribution in [-0.4, -0.2) is 48.8 Å². The van der Waals surface area contributed by atoms with Gasteiger partial charge in [-0.05, 0) is 66.6 Å². The molecule has 6 rings (SSSR count). The molecule has 4 N–H and O–H groups in total. The summed E-state index contributed by atoms with van der Waals surface area (Å²) >= 11 is 1.61. The molecule has 40 heavy (non-hydrogen) atoms. The zero-order chi connectivity index (χ0) is 27.7. The minimum atomic E-state index is -0.250. The van der Waals surface area contributed by atoms with E-state index in [0.29, 0.717) is 18.2 Å². The Balaban J connectivity index is 0.00000103. The molecule has 0 bridgehead atoms. The summed E-state index contributed by atoms with van der Waals surface area (Å²) in [7, 11) is 0. The predicted octanol–water partition coefficient (Wildman–Crippen LogP) is 5.90. The average Bonchev–Trinajstić information content (AvgIpc) is 3.37. The van der Waals surface area contributed by atoms with Gasteiger partial charge in [0.15, 0.2) is 5.13 Å². The van der Waals surface area contributed by atoms with Gasteiger partial charge >= 0.3 is 0 Å². The monoisotopic (exact) mass is 554 g/mol. The zero-order valence-corrected chi connectivity index (χ0v) is 22.6. The Morgan fingerprint density at radius 2 is 1.65 bits per heavy atom. The van der Waals surface area contributed by atoms with Crippen LogP contribution in [-0.2, 0) is 11.2 Å². The zero-order valence-electron chi connectivity index (χ0n) is 21.8. The maximum Gasteiger partial charge on any atom is 0.290 e. The summed E-state index contributed by atoms with van der Waals surface area (Å²) in [6.07, 6.45) is 7.57. The van der Waals surface area contributed by atoms with Crippen LogP contribution in [0.15, 0.2) is 79.1 Å². The lowest BCUT2D eigenvalue weighted by Gasteiger charge is -2.26. The predicted molar refractivity (Wildman–Crippen MR) is 158 cm³/mol. The molecule has 9 nitrogen and oxygen atoms in total. The number of carboxylic acid groups (broad SMARTS) is 1. The highest BCUT2D eigenvalue weighted by molar-refractivity contribution is 7.22. The van der Waals surface area contributed by atoms with E-state index in [4.69, 9.17) is 24.9 Å². The number of aliphatic hydroxyl groups is 1. The fraction of sp³-hybridized carbons (Fsp3) is 0.233. The number of aromatic nitrogens is 4. The molecule has 1 aliphatic rings. The summed E-state index contributed by atoms with van der Waals surface area (Å²) < 4.78 is 1.11. The molecule has 1 saturated carbocycles. The van der Waals surface area contributed by atoms with Crippen molar-refractivity contribution in [2.45, 2.75) is 44.2 Å². The van der Waals surface area contributed by atoms with E-state index in [2.05, 4.69) is 45.9 Å². The van der Waals surface area contributed by atoms with Crippen LogP contribution in [0, 0.1) is 0 Å². The number of aliphatic hydroxyl groups excluding tert-OH is 1. The molecule has 204 valence electrons. The molecule has 1 fully saturated rings. The molecule has 0 atom stereocenters. The summed E-state index contributed by atoms with van der Waals surface area (Å²) in [6, 6.07) is 22.9. The van der Waals surface area contributed by atoms with Crippen LogP contribution >= 0.6 is 11.3 Å². The van der Waals surface area contributed by atoms with Crippen molar-refractivity contribution in [1.29, 1.82) is 0 Å². The van der Waals surface area contributed by atoms with E-state index < -0.39 is 0 Å². The normalized spacial score (nSPS) is 16.5. The minimum Gasteiger partial charge on any atom is -0.483 e. The van der Waals surface area contributed by atoms with Crippen LogP contribution in [0.1, 0.15) is 36.9 Å². The molecular weight excluding hydrogens is 524 g/mol.